The van der Waals surface area contributed by atoms with Crippen molar-refractivity contribution in [3.05, 3.63) is 21.9 Å². The standard InChI is InChI=1S/C15H25N3O2S/c1-11(10-20-3)17-15(19)16-8-12(2)18-6-4-14-13(9-18)5-7-21-14/h5,7,11-12H,4,6,8-10H2,1-3H3,(H2,16,17,19). The molecule has 1 aliphatic rings. The molecule has 5 nitrogen and oxygen atoms in total. The van der Waals surface area contributed by atoms with Gasteiger partial charge >= 0.3 is 6.03 Å². The number of methoxy groups -OCH3 is 1. The monoisotopic (exact) mass is 311 g/mol. The van der Waals surface area contributed by atoms with Gasteiger partial charge in [0, 0.05) is 37.7 Å². The zero-order valence-corrected chi connectivity index (χ0v) is 13.8. The lowest BCUT2D eigenvalue weighted by Gasteiger charge is -2.32. The Hall–Kier alpha value is -1.11. The first-order valence-corrected chi connectivity index (χ1v) is 8.30. The third-order valence-corrected chi connectivity index (χ3v) is 4.84. The van der Waals surface area contributed by atoms with Gasteiger partial charge in [-0.3, -0.25) is 4.90 Å². The van der Waals surface area contributed by atoms with E-state index >= 15 is 0 Å². The lowest BCUT2D eigenvalue weighted by atomic mass is 10.1. The zero-order valence-electron chi connectivity index (χ0n) is 13.0. The van der Waals surface area contributed by atoms with E-state index in [-0.39, 0.29) is 12.1 Å². The van der Waals surface area contributed by atoms with E-state index in [2.05, 4.69) is 33.9 Å². The van der Waals surface area contributed by atoms with Crippen LogP contribution in [0.25, 0.3) is 0 Å². The van der Waals surface area contributed by atoms with Crippen LogP contribution in [0.5, 0.6) is 0 Å². The van der Waals surface area contributed by atoms with Crippen molar-refractivity contribution in [3.8, 4) is 0 Å². The van der Waals surface area contributed by atoms with Crippen LogP contribution in [0, 0.1) is 0 Å². The second-order valence-corrected chi connectivity index (χ2v) is 6.65. The topological polar surface area (TPSA) is 53.6 Å². The number of carbonyl (C=O) groups is 1. The number of ether oxygens (including phenoxy) is 1. The van der Waals surface area contributed by atoms with Gasteiger partial charge in [0.2, 0.25) is 0 Å². The molecule has 1 aliphatic heterocycles. The molecular weight excluding hydrogens is 286 g/mol. The summed E-state index contributed by atoms with van der Waals surface area (Å²) in [5, 5.41) is 7.97. The van der Waals surface area contributed by atoms with Crippen molar-refractivity contribution in [2.45, 2.75) is 38.9 Å². The van der Waals surface area contributed by atoms with Crippen LogP contribution in [0.3, 0.4) is 0 Å². The Kier molecular flexibility index (Phi) is 6.02. The van der Waals surface area contributed by atoms with E-state index in [1.54, 1.807) is 7.11 Å². The molecule has 118 valence electrons. The highest BCUT2D eigenvalue weighted by Gasteiger charge is 2.21. The van der Waals surface area contributed by atoms with E-state index in [1.165, 1.54) is 10.4 Å². The molecule has 0 radical (unpaired) electrons. The van der Waals surface area contributed by atoms with Gasteiger partial charge in [-0.25, -0.2) is 4.79 Å². The minimum atomic E-state index is -0.125. The SMILES string of the molecule is COCC(C)NC(=O)NCC(C)N1CCc2sccc2C1. The molecule has 0 saturated carbocycles. The summed E-state index contributed by atoms with van der Waals surface area (Å²) in [7, 11) is 1.63. The average Bonchev–Trinajstić information content (AvgIpc) is 2.92. The summed E-state index contributed by atoms with van der Waals surface area (Å²) < 4.78 is 5.00. The maximum absolute atomic E-state index is 11.8. The summed E-state index contributed by atoms with van der Waals surface area (Å²) >= 11 is 1.85. The molecule has 1 aromatic rings. The molecule has 2 unspecified atom stereocenters. The average molecular weight is 311 g/mol. The Bertz CT molecular complexity index is 464. The number of amides is 2. The van der Waals surface area contributed by atoms with Crippen LogP contribution in [-0.2, 0) is 17.7 Å². The van der Waals surface area contributed by atoms with Crippen LogP contribution in [0.2, 0.25) is 0 Å². The molecule has 2 heterocycles. The molecule has 2 amide bonds. The Labute approximate surface area is 130 Å². The summed E-state index contributed by atoms with van der Waals surface area (Å²) in [4.78, 5) is 15.7. The maximum Gasteiger partial charge on any atom is 0.315 e. The highest BCUT2D eigenvalue weighted by molar-refractivity contribution is 7.10. The van der Waals surface area contributed by atoms with Crippen LogP contribution in [-0.4, -0.2) is 49.8 Å². The summed E-state index contributed by atoms with van der Waals surface area (Å²) in [5.41, 5.74) is 1.44. The molecule has 0 spiro atoms. The van der Waals surface area contributed by atoms with Crippen LogP contribution < -0.4 is 10.6 Å². The molecule has 2 atom stereocenters. The van der Waals surface area contributed by atoms with Gasteiger partial charge in [0.1, 0.15) is 0 Å². The normalized spacial score (nSPS) is 17.9. The van der Waals surface area contributed by atoms with Gasteiger partial charge in [-0.2, -0.15) is 0 Å². The fourth-order valence-corrected chi connectivity index (χ4v) is 3.47. The van der Waals surface area contributed by atoms with Gasteiger partial charge in [-0.05, 0) is 37.3 Å². The molecule has 2 N–H and O–H groups in total. The number of urea groups is 1. The Morgan fingerprint density at radius 3 is 3.10 bits per heavy atom. The van der Waals surface area contributed by atoms with E-state index in [9.17, 15) is 4.79 Å². The maximum atomic E-state index is 11.8. The molecule has 1 aromatic heterocycles. The van der Waals surface area contributed by atoms with E-state index < -0.39 is 0 Å². The number of rotatable bonds is 6. The Morgan fingerprint density at radius 2 is 2.33 bits per heavy atom. The predicted molar refractivity (Wildman–Crippen MR) is 85.8 cm³/mol. The number of nitrogens with zero attached hydrogens (tertiary/aromatic N) is 1. The lowest BCUT2D eigenvalue weighted by molar-refractivity contribution is 0.167. The van der Waals surface area contributed by atoms with Crippen molar-refractivity contribution < 1.29 is 9.53 Å². The number of nitrogens with one attached hydrogen (secondary N) is 2. The third kappa shape index (κ3) is 4.69. The van der Waals surface area contributed by atoms with E-state index in [4.69, 9.17) is 4.74 Å². The van der Waals surface area contributed by atoms with Gasteiger partial charge in [0.25, 0.3) is 0 Å². The fourth-order valence-electron chi connectivity index (χ4n) is 2.58. The summed E-state index contributed by atoms with van der Waals surface area (Å²) in [6.45, 7) is 7.33. The third-order valence-electron chi connectivity index (χ3n) is 3.81. The smallest absolute Gasteiger partial charge is 0.315 e. The van der Waals surface area contributed by atoms with Crippen molar-refractivity contribution in [1.29, 1.82) is 0 Å². The first kappa shape index (κ1) is 16.3. The second kappa shape index (κ2) is 7.77. The number of carbonyl (C=O) groups excluding carboxylic acids is 1. The highest BCUT2D eigenvalue weighted by atomic mass is 32.1. The lowest BCUT2D eigenvalue weighted by Crippen LogP contribution is -2.48. The van der Waals surface area contributed by atoms with Gasteiger partial charge in [0.05, 0.1) is 12.6 Å². The first-order valence-electron chi connectivity index (χ1n) is 7.42. The van der Waals surface area contributed by atoms with Gasteiger partial charge in [-0.1, -0.05) is 0 Å². The number of hydrogen-bond acceptors (Lipinski definition) is 4. The molecular formula is C15H25N3O2S. The van der Waals surface area contributed by atoms with Crippen molar-refractivity contribution in [3.63, 3.8) is 0 Å². The minimum Gasteiger partial charge on any atom is -0.383 e. The molecule has 0 fully saturated rings. The van der Waals surface area contributed by atoms with Crippen LogP contribution in [0.1, 0.15) is 24.3 Å². The predicted octanol–water partition coefficient (Wildman–Crippen LogP) is 1.83. The molecule has 0 aromatic carbocycles. The largest absolute Gasteiger partial charge is 0.383 e. The van der Waals surface area contributed by atoms with Crippen LogP contribution in [0.4, 0.5) is 4.79 Å². The molecule has 0 bridgehead atoms. The summed E-state index contributed by atoms with van der Waals surface area (Å²) in [6, 6.07) is 2.45. The van der Waals surface area contributed by atoms with Gasteiger partial charge < -0.3 is 15.4 Å². The van der Waals surface area contributed by atoms with Gasteiger partial charge in [-0.15, -0.1) is 11.3 Å². The summed E-state index contributed by atoms with van der Waals surface area (Å²) in [6.07, 6.45) is 1.12. The number of fused-ring (bicyclic) bond motifs is 1. The number of hydrogen-bond donors (Lipinski definition) is 2. The van der Waals surface area contributed by atoms with Crippen molar-refractivity contribution in [2.24, 2.45) is 0 Å². The molecule has 2 rings (SSSR count). The first-order chi connectivity index (χ1) is 10.1. The second-order valence-electron chi connectivity index (χ2n) is 5.65. The van der Waals surface area contributed by atoms with E-state index in [1.807, 2.05) is 18.3 Å². The molecule has 6 heteroatoms. The fraction of sp³-hybridized carbons (Fsp3) is 0.667. The minimum absolute atomic E-state index is 0.0219. The summed E-state index contributed by atoms with van der Waals surface area (Å²) in [5.74, 6) is 0. The Morgan fingerprint density at radius 1 is 1.52 bits per heavy atom. The highest BCUT2D eigenvalue weighted by Crippen LogP contribution is 2.24. The van der Waals surface area contributed by atoms with E-state index in [0.29, 0.717) is 19.2 Å². The quantitative estimate of drug-likeness (QED) is 0.843. The molecule has 0 saturated heterocycles. The van der Waals surface area contributed by atoms with Crippen molar-refractivity contribution in [1.82, 2.24) is 15.5 Å². The van der Waals surface area contributed by atoms with Crippen LogP contribution in [0.15, 0.2) is 11.4 Å². The molecule has 0 aliphatic carbocycles. The Balaban J connectivity index is 1.72. The van der Waals surface area contributed by atoms with Crippen molar-refractivity contribution >= 4 is 17.4 Å². The van der Waals surface area contributed by atoms with Crippen molar-refractivity contribution in [2.75, 3.05) is 26.8 Å². The zero-order chi connectivity index (χ0) is 15.2. The molecule has 21 heavy (non-hydrogen) atoms. The van der Waals surface area contributed by atoms with E-state index in [0.717, 1.165) is 19.5 Å². The van der Waals surface area contributed by atoms with Crippen LogP contribution >= 0.6 is 11.3 Å². The number of thiophene rings is 1. The van der Waals surface area contributed by atoms with Gasteiger partial charge in [0.15, 0.2) is 0 Å².